The van der Waals surface area contributed by atoms with Crippen molar-refractivity contribution in [3.63, 3.8) is 0 Å². The molecule has 1 aromatic rings. The summed E-state index contributed by atoms with van der Waals surface area (Å²) in [6.45, 7) is 2.23. The van der Waals surface area contributed by atoms with Gasteiger partial charge < -0.3 is 5.32 Å². The van der Waals surface area contributed by atoms with Gasteiger partial charge in [-0.3, -0.25) is 0 Å². The molecule has 1 fully saturated rings. The highest BCUT2D eigenvalue weighted by atomic mass is 19.1. The highest BCUT2D eigenvalue weighted by molar-refractivity contribution is 5.50. The van der Waals surface area contributed by atoms with Crippen LogP contribution < -0.4 is 5.32 Å². The maximum absolute atomic E-state index is 13.3. The number of hydrogen-bond donors (Lipinski definition) is 1. The predicted octanol–water partition coefficient (Wildman–Crippen LogP) is 4.08. The topological polar surface area (TPSA) is 35.8 Å². The van der Waals surface area contributed by atoms with Crippen LogP contribution in [0.3, 0.4) is 0 Å². The van der Waals surface area contributed by atoms with E-state index in [4.69, 9.17) is 5.26 Å². The summed E-state index contributed by atoms with van der Waals surface area (Å²) in [5, 5.41) is 12.2. The van der Waals surface area contributed by atoms with E-state index in [1.807, 2.05) is 6.07 Å². The number of rotatable bonds is 3. The number of hydrogen-bond acceptors (Lipinski definition) is 2. The average molecular weight is 246 g/mol. The van der Waals surface area contributed by atoms with Gasteiger partial charge in [0.1, 0.15) is 5.82 Å². The highest BCUT2D eigenvalue weighted by Gasteiger charge is 2.20. The third kappa shape index (κ3) is 3.22. The molecule has 0 heterocycles. The molecular weight excluding hydrogens is 227 g/mol. The standard InChI is InChI=1S/C15H19FN2/c1-2-11-4-3-5-14(7-11)18-15-8-12(10-17)6-13(16)9-15/h6,8-9,11,14,18H,2-5,7H2,1H3. The van der Waals surface area contributed by atoms with Gasteiger partial charge in [-0.05, 0) is 37.0 Å². The summed E-state index contributed by atoms with van der Waals surface area (Å²) in [7, 11) is 0. The van der Waals surface area contributed by atoms with Gasteiger partial charge in [-0.2, -0.15) is 5.26 Å². The summed E-state index contributed by atoms with van der Waals surface area (Å²) in [6, 6.07) is 6.85. The molecular formula is C15H19FN2. The average Bonchev–Trinajstić information content (AvgIpc) is 2.38. The maximum atomic E-state index is 13.3. The summed E-state index contributed by atoms with van der Waals surface area (Å²) in [4.78, 5) is 0. The second-order valence-electron chi connectivity index (χ2n) is 5.12. The van der Waals surface area contributed by atoms with Crippen LogP contribution in [0.4, 0.5) is 10.1 Å². The van der Waals surface area contributed by atoms with Crippen LogP contribution in [0.25, 0.3) is 0 Å². The van der Waals surface area contributed by atoms with Crippen LogP contribution in [0, 0.1) is 23.1 Å². The van der Waals surface area contributed by atoms with E-state index in [9.17, 15) is 4.39 Å². The van der Waals surface area contributed by atoms with Crippen molar-refractivity contribution in [2.45, 2.75) is 45.1 Å². The van der Waals surface area contributed by atoms with Crippen LogP contribution in [0.1, 0.15) is 44.6 Å². The first kappa shape index (κ1) is 12.9. The van der Waals surface area contributed by atoms with Gasteiger partial charge in [-0.25, -0.2) is 4.39 Å². The van der Waals surface area contributed by atoms with Gasteiger partial charge in [0, 0.05) is 11.7 Å². The molecule has 0 bridgehead atoms. The molecule has 18 heavy (non-hydrogen) atoms. The quantitative estimate of drug-likeness (QED) is 0.872. The zero-order valence-corrected chi connectivity index (χ0v) is 10.7. The SMILES string of the molecule is CCC1CCCC(Nc2cc(F)cc(C#N)c2)C1. The van der Waals surface area contributed by atoms with Crippen molar-refractivity contribution in [3.8, 4) is 6.07 Å². The van der Waals surface area contributed by atoms with Crippen molar-refractivity contribution >= 4 is 5.69 Å². The second kappa shape index (κ2) is 5.86. The van der Waals surface area contributed by atoms with E-state index in [2.05, 4.69) is 12.2 Å². The minimum absolute atomic E-state index is 0.348. The van der Waals surface area contributed by atoms with Crippen LogP contribution in [-0.2, 0) is 0 Å². The molecule has 3 heteroatoms. The molecule has 0 aromatic heterocycles. The first-order valence-electron chi connectivity index (χ1n) is 6.68. The van der Waals surface area contributed by atoms with E-state index in [1.165, 1.54) is 31.4 Å². The first-order chi connectivity index (χ1) is 8.71. The van der Waals surface area contributed by atoms with Crippen molar-refractivity contribution in [3.05, 3.63) is 29.6 Å². The number of halogens is 1. The van der Waals surface area contributed by atoms with Gasteiger partial charge >= 0.3 is 0 Å². The minimum atomic E-state index is -0.348. The normalized spacial score (nSPS) is 23.4. The summed E-state index contributed by atoms with van der Waals surface area (Å²) >= 11 is 0. The fourth-order valence-corrected chi connectivity index (χ4v) is 2.77. The van der Waals surface area contributed by atoms with Crippen LogP contribution in [0.2, 0.25) is 0 Å². The van der Waals surface area contributed by atoms with Crippen LogP contribution in [-0.4, -0.2) is 6.04 Å². The lowest BCUT2D eigenvalue weighted by Crippen LogP contribution is -2.27. The second-order valence-corrected chi connectivity index (χ2v) is 5.12. The lowest BCUT2D eigenvalue weighted by Gasteiger charge is -2.29. The van der Waals surface area contributed by atoms with Crippen molar-refractivity contribution in [2.75, 3.05) is 5.32 Å². The predicted molar refractivity (Wildman–Crippen MR) is 70.8 cm³/mol. The zero-order chi connectivity index (χ0) is 13.0. The zero-order valence-electron chi connectivity index (χ0n) is 10.7. The van der Waals surface area contributed by atoms with Crippen molar-refractivity contribution in [1.29, 1.82) is 5.26 Å². The molecule has 2 nitrogen and oxygen atoms in total. The molecule has 1 aliphatic rings. The number of nitrogens with one attached hydrogen (secondary N) is 1. The largest absolute Gasteiger partial charge is 0.382 e. The van der Waals surface area contributed by atoms with Gasteiger partial charge in [0.15, 0.2) is 0 Å². The minimum Gasteiger partial charge on any atom is -0.382 e. The molecule has 2 atom stereocenters. The number of nitrogens with zero attached hydrogens (tertiary/aromatic N) is 1. The Hall–Kier alpha value is -1.56. The van der Waals surface area contributed by atoms with Crippen LogP contribution >= 0.6 is 0 Å². The molecule has 0 aliphatic heterocycles. The van der Waals surface area contributed by atoms with Crippen LogP contribution in [0.5, 0.6) is 0 Å². The summed E-state index contributed by atoms with van der Waals surface area (Å²) < 4.78 is 13.3. The third-order valence-electron chi connectivity index (χ3n) is 3.76. The van der Waals surface area contributed by atoms with E-state index in [-0.39, 0.29) is 5.82 Å². The van der Waals surface area contributed by atoms with Gasteiger partial charge in [0.25, 0.3) is 0 Å². The lowest BCUT2D eigenvalue weighted by molar-refractivity contribution is 0.327. The molecule has 96 valence electrons. The summed E-state index contributed by atoms with van der Waals surface area (Å²) in [5.74, 6) is 0.430. The molecule has 1 aromatic carbocycles. The first-order valence-corrected chi connectivity index (χ1v) is 6.68. The Morgan fingerprint density at radius 2 is 2.22 bits per heavy atom. The Morgan fingerprint density at radius 1 is 1.39 bits per heavy atom. The highest BCUT2D eigenvalue weighted by Crippen LogP contribution is 2.29. The van der Waals surface area contributed by atoms with Crippen LogP contribution in [0.15, 0.2) is 18.2 Å². The number of benzene rings is 1. The van der Waals surface area contributed by atoms with Gasteiger partial charge in [0.2, 0.25) is 0 Å². The molecule has 2 unspecified atom stereocenters. The van der Waals surface area contributed by atoms with Crippen molar-refractivity contribution < 1.29 is 4.39 Å². The fraction of sp³-hybridized carbons (Fsp3) is 0.533. The van der Waals surface area contributed by atoms with E-state index in [0.29, 0.717) is 11.6 Å². The molecule has 1 saturated carbocycles. The van der Waals surface area contributed by atoms with Gasteiger partial charge in [-0.15, -0.1) is 0 Å². The molecule has 0 amide bonds. The van der Waals surface area contributed by atoms with E-state index >= 15 is 0 Å². The van der Waals surface area contributed by atoms with E-state index < -0.39 is 0 Å². The molecule has 0 radical (unpaired) electrons. The molecule has 1 aliphatic carbocycles. The molecule has 1 N–H and O–H groups in total. The summed E-state index contributed by atoms with van der Waals surface area (Å²) in [6.07, 6.45) is 6.03. The Balaban J connectivity index is 2.05. The number of anilines is 1. The fourth-order valence-electron chi connectivity index (χ4n) is 2.77. The van der Waals surface area contributed by atoms with Crippen molar-refractivity contribution in [1.82, 2.24) is 0 Å². The van der Waals surface area contributed by atoms with Gasteiger partial charge in [0.05, 0.1) is 11.6 Å². The Morgan fingerprint density at radius 3 is 2.94 bits per heavy atom. The summed E-state index contributed by atoms with van der Waals surface area (Å²) in [5.41, 5.74) is 1.11. The third-order valence-corrected chi connectivity index (χ3v) is 3.76. The van der Waals surface area contributed by atoms with E-state index in [0.717, 1.165) is 24.4 Å². The lowest BCUT2D eigenvalue weighted by atomic mass is 9.84. The Labute approximate surface area is 108 Å². The Bertz CT molecular complexity index is 450. The van der Waals surface area contributed by atoms with Crippen molar-refractivity contribution in [2.24, 2.45) is 5.92 Å². The van der Waals surface area contributed by atoms with E-state index in [1.54, 1.807) is 6.07 Å². The molecule has 0 spiro atoms. The monoisotopic (exact) mass is 246 g/mol. The number of nitriles is 1. The Kier molecular flexibility index (Phi) is 4.19. The van der Waals surface area contributed by atoms with Gasteiger partial charge in [-0.1, -0.05) is 26.2 Å². The molecule has 2 rings (SSSR count). The molecule has 0 saturated heterocycles. The maximum Gasteiger partial charge on any atom is 0.126 e. The smallest absolute Gasteiger partial charge is 0.126 e.